The smallest absolute Gasteiger partial charge is 0.267 e. The van der Waals surface area contributed by atoms with Gasteiger partial charge in [-0.15, -0.1) is 0 Å². The van der Waals surface area contributed by atoms with Crippen molar-refractivity contribution in [1.82, 2.24) is 20.9 Å². The van der Waals surface area contributed by atoms with Crippen LogP contribution in [0.25, 0.3) is 0 Å². The van der Waals surface area contributed by atoms with Gasteiger partial charge in [0.2, 0.25) is 11.8 Å². The maximum atomic E-state index is 13.1. The number of hydroxylamine groups is 1. The van der Waals surface area contributed by atoms with Gasteiger partial charge < -0.3 is 20.9 Å². The molecular weight excluding hydrogens is 446 g/mol. The Kier molecular flexibility index (Phi) is 6.90. The highest BCUT2D eigenvalue weighted by molar-refractivity contribution is 6.23. The van der Waals surface area contributed by atoms with Gasteiger partial charge in [-0.1, -0.05) is 36.4 Å². The zero-order chi connectivity index (χ0) is 23.5. The molecule has 3 aliphatic heterocycles. The van der Waals surface area contributed by atoms with Gasteiger partial charge in [0.1, 0.15) is 17.2 Å². The van der Waals surface area contributed by atoms with E-state index in [1.54, 1.807) is 11.1 Å². The minimum atomic E-state index is -0.616. The Morgan fingerprint density at radius 1 is 1.15 bits per heavy atom. The minimum absolute atomic E-state index is 0.0567. The molecular formula is C23H28ClN5O4. The normalized spacial score (nSPS) is 27.7. The second kappa shape index (κ2) is 9.84. The van der Waals surface area contributed by atoms with Crippen LogP contribution in [0.3, 0.4) is 0 Å². The second-order valence-corrected chi connectivity index (χ2v) is 8.71. The molecule has 1 aromatic carbocycles. The van der Waals surface area contributed by atoms with Crippen LogP contribution in [0.5, 0.6) is 0 Å². The second-order valence-electron chi connectivity index (χ2n) is 8.27. The number of halogens is 1. The van der Waals surface area contributed by atoms with Crippen LogP contribution >= 0.6 is 11.6 Å². The van der Waals surface area contributed by atoms with Gasteiger partial charge in [0.25, 0.3) is 5.91 Å². The van der Waals surface area contributed by atoms with Crippen molar-refractivity contribution in [2.45, 2.75) is 36.7 Å². The number of hydrogen-bond donors (Lipinski definition) is 3. The summed E-state index contributed by atoms with van der Waals surface area (Å²) in [5, 5.41) is 9.72. The van der Waals surface area contributed by atoms with Crippen molar-refractivity contribution in [1.29, 1.82) is 0 Å². The lowest BCUT2D eigenvalue weighted by Crippen LogP contribution is -2.53. The number of rotatable bonds is 2. The number of carbonyl (C=O) groups is 3. The minimum Gasteiger partial charge on any atom is -0.362 e. The summed E-state index contributed by atoms with van der Waals surface area (Å²) in [4.78, 5) is 45.7. The molecule has 9 nitrogen and oxygen atoms in total. The molecule has 4 rings (SSSR count). The lowest BCUT2D eigenvalue weighted by Gasteiger charge is -2.38. The average Bonchev–Trinajstić information content (AvgIpc) is 3.10. The van der Waals surface area contributed by atoms with Crippen molar-refractivity contribution in [3.63, 3.8) is 0 Å². The summed E-state index contributed by atoms with van der Waals surface area (Å²) in [6, 6.07) is 7.13. The highest BCUT2D eigenvalue weighted by Gasteiger charge is 2.37. The molecule has 3 amide bonds. The van der Waals surface area contributed by atoms with Crippen LogP contribution in [-0.4, -0.2) is 60.9 Å². The van der Waals surface area contributed by atoms with E-state index in [4.69, 9.17) is 16.4 Å². The van der Waals surface area contributed by atoms with Crippen LogP contribution < -0.4 is 21.0 Å². The molecule has 0 bridgehead atoms. The third kappa shape index (κ3) is 4.69. The van der Waals surface area contributed by atoms with Crippen molar-refractivity contribution < 1.29 is 19.2 Å². The third-order valence-corrected chi connectivity index (χ3v) is 6.65. The molecule has 3 N–H and O–H groups in total. The molecule has 0 saturated carbocycles. The van der Waals surface area contributed by atoms with Crippen LogP contribution in [-0.2, 0) is 19.2 Å². The number of alkyl halides is 1. The first-order chi connectivity index (χ1) is 15.9. The van der Waals surface area contributed by atoms with Crippen molar-refractivity contribution >= 4 is 35.0 Å². The molecule has 10 heteroatoms. The molecule has 0 spiro atoms. The van der Waals surface area contributed by atoms with Crippen molar-refractivity contribution in [3.05, 3.63) is 53.9 Å². The number of fused-ring (bicyclic) bond motifs is 2. The lowest BCUT2D eigenvalue weighted by molar-refractivity contribution is -0.130. The van der Waals surface area contributed by atoms with E-state index < -0.39 is 29.3 Å². The zero-order valence-electron chi connectivity index (χ0n) is 18.5. The molecule has 3 atom stereocenters. The number of piperidine rings is 1. The highest BCUT2D eigenvalue weighted by Crippen LogP contribution is 2.43. The van der Waals surface area contributed by atoms with Crippen LogP contribution in [0.4, 0.5) is 5.69 Å². The third-order valence-electron chi connectivity index (χ3n) is 6.20. The van der Waals surface area contributed by atoms with Gasteiger partial charge in [-0.05, 0) is 37.0 Å². The Morgan fingerprint density at radius 3 is 2.73 bits per heavy atom. The fourth-order valence-electron chi connectivity index (χ4n) is 4.56. The van der Waals surface area contributed by atoms with E-state index in [1.807, 2.05) is 29.2 Å². The molecule has 3 heterocycles. The average molecular weight is 474 g/mol. The Morgan fingerprint density at radius 2 is 1.94 bits per heavy atom. The lowest BCUT2D eigenvalue weighted by atomic mass is 9.99. The summed E-state index contributed by atoms with van der Waals surface area (Å²) in [5.74, 6) is -1.58. The van der Waals surface area contributed by atoms with Crippen LogP contribution in [0.15, 0.2) is 48.3 Å². The quantitative estimate of drug-likeness (QED) is 0.340. The molecule has 3 unspecified atom stereocenters. The number of hydrogen-bond acceptors (Lipinski definition) is 6. The zero-order valence-corrected chi connectivity index (χ0v) is 19.2. The number of nitrogens with zero attached hydrogens (tertiary/aromatic N) is 2. The molecule has 33 heavy (non-hydrogen) atoms. The largest absolute Gasteiger partial charge is 0.362 e. The Hall–Kier alpha value is -3.04. The first-order valence-electron chi connectivity index (χ1n) is 11.0. The number of para-hydroxylation sites is 1. The monoisotopic (exact) mass is 473 g/mol. The molecule has 0 aromatic heterocycles. The summed E-state index contributed by atoms with van der Waals surface area (Å²) < 4.78 is 0. The fourth-order valence-corrected chi connectivity index (χ4v) is 4.95. The van der Waals surface area contributed by atoms with Gasteiger partial charge >= 0.3 is 0 Å². The summed E-state index contributed by atoms with van der Waals surface area (Å²) in [6.07, 6.45) is 4.17. The molecule has 2 saturated heterocycles. The fraction of sp³-hybridized carbons (Fsp3) is 0.435. The summed E-state index contributed by atoms with van der Waals surface area (Å²) >= 11 is 6.64. The highest BCUT2D eigenvalue weighted by atomic mass is 35.5. The number of carbonyl (C=O) groups excluding carboxylic acids is 3. The standard InChI is InChI=1S/C23H28ClN5O4/c1-14-12-25-22(31)17(11-16-15-7-3-4-8-18(15)29(33-2)21(16)24)27-20(30)13-26-23(32)19-9-5-6-10-28(14)19/h3-4,7-8,11,16,19,21H,1,5-6,9-10,12-13H2,2H3,(H,25,31)(H,26,32)(H,27,30)/b17-11-. The summed E-state index contributed by atoms with van der Waals surface area (Å²) in [7, 11) is 1.52. The van der Waals surface area contributed by atoms with Crippen LogP contribution in [0.1, 0.15) is 30.7 Å². The van der Waals surface area contributed by atoms with E-state index in [-0.39, 0.29) is 24.7 Å². The van der Waals surface area contributed by atoms with Gasteiger partial charge in [-0.2, -0.15) is 0 Å². The maximum absolute atomic E-state index is 13.1. The molecule has 0 aliphatic carbocycles. The van der Waals surface area contributed by atoms with Gasteiger partial charge in [0.15, 0.2) is 0 Å². The number of anilines is 1. The first-order valence-corrected chi connectivity index (χ1v) is 11.4. The van der Waals surface area contributed by atoms with E-state index in [0.29, 0.717) is 18.7 Å². The molecule has 176 valence electrons. The Labute approximate surface area is 197 Å². The van der Waals surface area contributed by atoms with E-state index in [0.717, 1.165) is 24.1 Å². The first kappa shape index (κ1) is 23.1. The van der Waals surface area contributed by atoms with E-state index in [9.17, 15) is 14.4 Å². The number of nitrogens with one attached hydrogen (secondary N) is 3. The SMILES string of the molecule is C=C1CNC(=O)/C(=C/C2c3ccccc3N(OC)C2Cl)NC(=O)CNC(=O)C2CCCCN12. The van der Waals surface area contributed by atoms with Crippen molar-refractivity contribution in [2.75, 3.05) is 31.8 Å². The summed E-state index contributed by atoms with van der Waals surface area (Å²) in [6.45, 7) is 4.68. The van der Waals surface area contributed by atoms with E-state index in [1.165, 1.54) is 7.11 Å². The van der Waals surface area contributed by atoms with Gasteiger partial charge in [-0.3, -0.25) is 19.2 Å². The van der Waals surface area contributed by atoms with Gasteiger partial charge in [0.05, 0.1) is 25.9 Å². The van der Waals surface area contributed by atoms with Crippen LogP contribution in [0, 0.1) is 0 Å². The molecule has 2 fully saturated rings. The summed E-state index contributed by atoms with van der Waals surface area (Å²) in [5.41, 5.74) is 1.75. The van der Waals surface area contributed by atoms with Gasteiger partial charge in [-0.25, -0.2) is 5.06 Å². The maximum Gasteiger partial charge on any atom is 0.267 e. The Balaban J connectivity index is 1.62. The van der Waals surface area contributed by atoms with E-state index in [2.05, 4.69) is 22.5 Å². The molecule has 3 aliphatic rings. The predicted octanol–water partition coefficient (Wildman–Crippen LogP) is 1.33. The van der Waals surface area contributed by atoms with E-state index >= 15 is 0 Å². The topological polar surface area (TPSA) is 103 Å². The van der Waals surface area contributed by atoms with Crippen molar-refractivity contribution in [2.24, 2.45) is 0 Å². The Bertz CT molecular complexity index is 997. The number of benzene rings is 1. The van der Waals surface area contributed by atoms with Crippen LogP contribution in [0.2, 0.25) is 0 Å². The number of amides is 3. The molecule has 1 aromatic rings. The van der Waals surface area contributed by atoms with Crippen molar-refractivity contribution in [3.8, 4) is 0 Å². The molecule has 0 radical (unpaired) electrons. The van der Waals surface area contributed by atoms with Gasteiger partial charge in [0, 0.05) is 18.2 Å². The predicted molar refractivity (Wildman–Crippen MR) is 124 cm³/mol.